The number of fused-ring (bicyclic) bond motifs is 1. The third kappa shape index (κ3) is 2.76. The SMILES string of the molecule is CCOc1ccc2ccccc2c1/C(=C1/C(=O)NN=C1C)C1C(=O)NN=C1C. The van der Waals surface area contributed by atoms with Gasteiger partial charge in [-0.2, -0.15) is 10.2 Å². The van der Waals surface area contributed by atoms with Crippen molar-refractivity contribution in [2.45, 2.75) is 20.8 Å². The highest BCUT2D eigenvalue weighted by Gasteiger charge is 2.38. The van der Waals surface area contributed by atoms with Gasteiger partial charge in [-0.05, 0) is 43.2 Å². The maximum Gasteiger partial charge on any atom is 0.273 e. The van der Waals surface area contributed by atoms with E-state index in [1.165, 1.54) is 0 Å². The van der Waals surface area contributed by atoms with Crippen LogP contribution in [0.1, 0.15) is 26.3 Å². The average Bonchev–Trinajstić information content (AvgIpc) is 3.20. The molecule has 7 nitrogen and oxygen atoms in total. The molecular formula is C21H20N4O3. The molecule has 0 saturated carbocycles. The monoisotopic (exact) mass is 376 g/mol. The number of hydrogen-bond donors (Lipinski definition) is 2. The molecule has 28 heavy (non-hydrogen) atoms. The lowest BCUT2D eigenvalue weighted by atomic mass is 9.81. The summed E-state index contributed by atoms with van der Waals surface area (Å²) in [5, 5.41) is 10.0. The molecule has 1 unspecified atom stereocenters. The minimum absolute atomic E-state index is 0.275. The van der Waals surface area contributed by atoms with E-state index in [1.54, 1.807) is 13.8 Å². The summed E-state index contributed by atoms with van der Waals surface area (Å²) in [4.78, 5) is 25.4. The Morgan fingerprint density at radius 2 is 1.86 bits per heavy atom. The maximum atomic E-state index is 12.7. The number of carbonyl (C=O) groups is 2. The van der Waals surface area contributed by atoms with Crippen molar-refractivity contribution in [2.24, 2.45) is 16.1 Å². The quantitative estimate of drug-likeness (QED) is 0.804. The van der Waals surface area contributed by atoms with Gasteiger partial charge in [0.2, 0.25) is 0 Å². The maximum absolute atomic E-state index is 12.7. The molecular weight excluding hydrogens is 356 g/mol. The molecule has 0 spiro atoms. The molecule has 4 rings (SSSR count). The predicted octanol–water partition coefficient (Wildman–Crippen LogP) is 2.62. The molecule has 1 atom stereocenters. The van der Waals surface area contributed by atoms with Gasteiger partial charge in [0.1, 0.15) is 11.7 Å². The van der Waals surface area contributed by atoms with Crippen molar-refractivity contribution < 1.29 is 14.3 Å². The first kappa shape index (κ1) is 17.9. The number of ether oxygens (including phenoxy) is 1. The zero-order valence-corrected chi connectivity index (χ0v) is 15.9. The summed E-state index contributed by atoms with van der Waals surface area (Å²) >= 11 is 0. The van der Waals surface area contributed by atoms with E-state index >= 15 is 0 Å². The smallest absolute Gasteiger partial charge is 0.273 e. The molecule has 0 bridgehead atoms. The predicted molar refractivity (Wildman–Crippen MR) is 108 cm³/mol. The molecule has 2 aromatic carbocycles. The second kappa shape index (κ2) is 6.92. The molecule has 2 aliphatic rings. The molecule has 0 aliphatic carbocycles. The molecule has 142 valence electrons. The highest BCUT2D eigenvalue weighted by molar-refractivity contribution is 6.33. The Morgan fingerprint density at radius 1 is 1.07 bits per heavy atom. The highest BCUT2D eigenvalue weighted by atomic mass is 16.5. The first-order chi connectivity index (χ1) is 13.5. The van der Waals surface area contributed by atoms with Crippen molar-refractivity contribution in [3.8, 4) is 5.75 Å². The number of carbonyl (C=O) groups excluding carboxylic acids is 2. The van der Waals surface area contributed by atoms with Gasteiger partial charge in [-0.1, -0.05) is 30.3 Å². The molecule has 0 radical (unpaired) electrons. The average molecular weight is 376 g/mol. The van der Waals surface area contributed by atoms with Gasteiger partial charge in [-0.15, -0.1) is 0 Å². The number of hydrazone groups is 2. The van der Waals surface area contributed by atoms with E-state index in [9.17, 15) is 9.59 Å². The van der Waals surface area contributed by atoms with Crippen molar-refractivity contribution in [3.05, 3.63) is 47.5 Å². The minimum atomic E-state index is -0.700. The Kier molecular flexibility index (Phi) is 4.43. The first-order valence-corrected chi connectivity index (χ1v) is 9.11. The fourth-order valence-corrected chi connectivity index (χ4v) is 3.75. The molecule has 0 fully saturated rings. The molecule has 7 heteroatoms. The van der Waals surface area contributed by atoms with Crippen molar-refractivity contribution >= 4 is 39.6 Å². The van der Waals surface area contributed by atoms with Crippen molar-refractivity contribution in [1.82, 2.24) is 10.9 Å². The van der Waals surface area contributed by atoms with Crippen LogP contribution < -0.4 is 15.6 Å². The molecule has 0 saturated heterocycles. The topological polar surface area (TPSA) is 92.1 Å². The standard InChI is InChI=1S/C21H20N4O3/c1-4-28-15-10-9-13-7-5-6-8-14(13)18(15)19(16-11(2)22-24-20(16)26)17-12(3)23-25-21(17)27/h5-10,16H,4H2,1-3H3,(H,24,26)(H,25,27)/b19-17+. The van der Waals surface area contributed by atoms with E-state index in [0.717, 1.165) is 16.3 Å². The summed E-state index contributed by atoms with van der Waals surface area (Å²) in [5.74, 6) is -0.698. The molecule has 2 aliphatic heterocycles. The van der Waals surface area contributed by atoms with Crippen molar-refractivity contribution in [3.63, 3.8) is 0 Å². The van der Waals surface area contributed by atoms with Crippen LogP contribution in [0.25, 0.3) is 16.3 Å². The van der Waals surface area contributed by atoms with Crippen LogP contribution in [-0.4, -0.2) is 29.8 Å². The van der Waals surface area contributed by atoms with Crippen molar-refractivity contribution in [1.29, 1.82) is 0 Å². The number of benzene rings is 2. The van der Waals surface area contributed by atoms with Crippen LogP contribution in [0.3, 0.4) is 0 Å². The number of hydrogen-bond acceptors (Lipinski definition) is 5. The third-order valence-electron chi connectivity index (χ3n) is 4.95. The Morgan fingerprint density at radius 3 is 2.50 bits per heavy atom. The number of nitrogens with one attached hydrogen (secondary N) is 2. The number of nitrogens with zero attached hydrogens (tertiary/aromatic N) is 2. The summed E-state index contributed by atoms with van der Waals surface area (Å²) < 4.78 is 5.91. The van der Waals surface area contributed by atoms with E-state index in [4.69, 9.17) is 4.74 Å². The fourth-order valence-electron chi connectivity index (χ4n) is 3.75. The second-order valence-electron chi connectivity index (χ2n) is 6.68. The molecule has 0 aromatic heterocycles. The molecule has 2 amide bonds. The largest absolute Gasteiger partial charge is 0.493 e. The normalized spacial score (nSPS) is 20.6. The van der Waals surface area contributed by atoms with E-state index < -0.39 is 5.92 Å². The molecule has 2 aromatic rings. The van der Waals surface area contributed by atoms with Crippen LogP contribution in [0, 0.1) is 5.92 Å². The van der Waals surface area contributed by atoms with E-state index in [-0.39, 0.29) is 11.8 Å². The Hall–Kier alpha value is -3.48. The van der Waals surface area contributed by atoms with Crippen LogP contribution in [0.15, 0.2) is 52.2 Å². The Balaban J connectivity index is 2.12. The number of rotatable bonds is 4. The van der Waals surface area contributed by atoms with Gasteiger partial charge in [0.05, 0.1) is 23.6 Å². The summed E-state index contributed by atoms with van der Waals surface area (Å²) in [6.07, 6.45) is 0. The highest BCUT2D eigenvalue weighted by Crippen LogP contribution is 2.41. The van der Waals surface area contributed by atoms with Crippen LogP contribution >= 0.6 is 0 Å². The van der Waals surface area contributed by atoms with E-state index in [2.05, 4.69) is 21.1 Å². The number of amides is 2. The Labute approximate surface area is 162 Å². The zero-order chi connectivity index (χ0) is 19.8. The first-order valence-electron chi connectivity index (χ1n) is 9.11. The summed E-state index contributed by atoms with van der Waals surface area (Å²) in [5.41, 5.74) is 7.82. The lowest BCUT2D eigenvalue weighted by molar-refractivity contribution is -0.120. The second-order valence-corrected chi connectivity index (χ2v) is 6.68. The fraction of sp³-hybridized carbons (Fsp3) is 0.238. The molecule has 2 N–H and O–H groups in total. The van der Waals surface area contributed by atoms with Crippen LogP contribution in [0.2, 0.25) is 0 Å². The third-order valence-corrected chi connectivity index (χ3v) is 4.95. The lowest BCUT2D eigenvalue weighted by Gasteiger charge is -2.21. The van der Waals surface area contributed by atoms with Crippen LogP contribution in [0.5, 0.6) is 5.75 Å². The lowest BCUT2D eigenvalue weighted by Crippen LogP contribution is -2.27. The van der Waals surface area contributed by atoms with Gasteiger partial charge in [-0.3, -0.25) is 9.59 Å². The molecule has 2 heterocycles. The van der Waals surface area contributed by atoms with Gasteiger partial charge in [0.25, 0.3) is 11.8 Å². The van der Waals surface area contributed by atoms with Crippen LogP contribution in [0.4, 0.5) is 0 Å². The Bertz CT molecular complexity index is 1100. The van der Waals surface area contributed by atoms with Crippen LogP contribution in [-0.2, 0) is 9.59 Å². The van der Waals surface area contributed by atoms with Gasteiger partial charge < -0.3 is 4.74 Å². The summed E-state index contributed by atoms with van der Waals surface area (Å²) in [6, 6.07) is 11.7. The van der Waals surface area contributed by atoms with Crippen molar-refractivity contribution in [2.75, 3.05) is 6.61 Å². The van der Waals surface area contributed by atoms with Gasteiger partial charge in [-0.25, -0.2) is 10.9 Å². The van der Waals surface area contributed by atoms with Gasteiger partial charge in [0, 0.05) is 5.56 Å². The van der Waals surface area contributed by atoms with E-state index in [0.29, 0.717) is 34.9 Å². The minimum Gasteiger partial charge on any atom is -0.493 e. The van der Waals surface area contributed by atoms with Gasteiger partial charge >= 0.3 is 0 Å². The summed E-state index contributed by atoms with van der Waals surface area (Å²) in [7, 11) is 0. The van der Waals surface area contributed by atoms with E-state index in [1.807, 2.05) is 43.3 Å². The zero-order valence-electron chi connectivity index (χ0n) is 15.9. The van der Waals surface area contributed by atoms with Gasteiger partial charge in [0.15, 0.2) is 0 Å². The summed E-state index contributed by atoms with van der Waals surface area (Å²) in [6.45, 7) is 5.87.